The van der Waals surface area contributed by atoms with Gasteiger partial charge in [0.1, 0.15) is 17.7 Å². The lowest BCUT2D eigenvalue weighted by molar-refractivity contribution is 0.0218. The molecule has 2 aliphatic rings. The third kappa shape index (κ3) is 4.91. The minimum Gasteiger partial charge on any atom is -0.444 e. The predicted molar refractivity (Wildman–Crippen MR) is 139 cm³/mol. The number of hydrogen-bond acceptors (Lipinski definition) is 7. The van der Waals surface area contributed by atoms with Crippen LogP contribution in [0.25, 0.3) is 11.0 Å². The van der Waals surface area contributed by atoms with Gasteiger partial charge in [0.25, 0.3) is 0 Å². The average molecular weight is 512 g/mol. The summed E-state index contributed by atoms with van der Waals surface area (Å²) in [5.74, 6) is 0.933. The Kier molecular flexibility index (Phi) is 6.18. The number of benzene rings is 1. The van der Waals surface area contributed by atoms with Crippen LogP contribution in [0.2, 0.25) is 0 Å². The normalized spacial score (nSPS) is 19.1. The van der Waals surface area contributed by atoms with Gasteiger partial charge >= 0.3 is 6.09 Å². The van der Waals surface area contributed by atoms with E-state index >= 15 is 0 Å². The van der Waals surface area contributed by atoms with E-state index in [1.807, 2.05) is 58.0 Å². The van der Waals surface area contributed by atoms with Crippen molar-refractivity contribution in [3.8, 4) is 0 Å². The first-order valence-electron chi connectivity index (χ1n) is 12.4. The van der Waals surface area contributed by atoms with Crippen LogP contribution in [0.15, 0.2) is 42.9 Å². The molecule has 1 saturated heterocycles. The smallest absolute Gasteiger partial charge is 0.410 e. The van der Waals surface area contributed by atoms with Crippen molar-refractivity contribution < 1.29 is 17.9 Å². The summed E-state index contributed by atoms with van der Waals surface area (Å²) in [5.41, 5.74) is 1.58. The molecule has 1 atom stereocenters. The highest BCUT2D eigenvalue weighted by Gasteiger charge is 2.36. The van der Waals surface area contributed by atoms with Crippen LogP contribution >= 0.6 is 0 Å². The SMILES string of the molecule is CC1CN(C(=O)OC(C)(C)C)CCN1c1ncnc2c1c(C1CC1)cn2S(=O)(=O)Cc1ccccc1. The van der Waals surface area contributed by atoms with Crippen molar-refractivity contribution in [1.29, 1.82) is 0 Å². The molecule has 192 valence electrons. The van der Waals surface area contributed by atoms with Gasteiger partial charge in [0.2, 0.25) is 10.0 Å². The molecule has 3 aromatic rings. The van der Waals surface area contributed by atoms with Gasteiger partial charge in [-0.1, -0.05) is 30.3 Å². The molecule has 5 rings (SSSR count). The van der Waals surface area contributed by atoms with Crippen LogP contribution in [0.1, 0.15) is 57.6 Å². The van der Waals surface area contributed by atoms with Crippen molar-refractivity contribution in [3.05, 3.63) is 54.0 Å². The molecule has 1 aliphatic heterocycles. The Bertz CT molecular complexity index is 1380. The molecule has 1 saturated carbocycles. The number of nitrogens with zero attached hydrogens (tertiary/aromatic N) is 5. The first-order chi connectivity index (χ1) is 17.0. The Hall–Kier alpha value is -3.14. The van der Waals surface area contributed by atoms with Crippen molar-refractivity contribution in [1.82, 2.24) is 18.8 Å². The molecular weight excluding hydrogens is 478 g/mol. The van der Waals surface area contributed by atoms with Crippen LogP contribution in [0.5, 0.6) is 0 Å². The van der Waals surface area contributed by atoms with E-state index in [2.05, 4.69) is 14.9 Å². The zero-order chi connectivity index (χ0) is 25.7. The van der Waals surface area contributed by atoms with Gasteiger partial charge in [-0.25, -0.2) is 27.2 Å². The van der Waals surface area contributed by atoms with Gasteiger partial charge in [0.15, 0.2) is 5.65 Å². The fraction of sp³-hybridized carbons (Fsp3) is 0.500. The van der Waals surface area contributed by atoms with Gasteiger partial charge in [-0.15, -0.1) is 0 Å². The van der Waals surface area contributed by atoms with E-state index in [1.165, 1.54) is 10.3 Å². The van der Waals surface area contributed by atoms with Crippen molar-refractivity contribution in [2.45, 2.75) is 63.9 Å². The highest BCUT2D eigenvalue weighted by atomic mass is 32.2. The summed E-state index contributed by atoms with van der Waals surface area (Å²) in [7, 11) is -3.68. The highest BCUT2D eigenvalue weighted by molar-refractivity contribution is 7.89. The largest absolute Gasteiger partial charge is 0.444 e. The molecular formula is C26H33N5O4S. The van der Waals surface area contributed by atoms with Crippen LogP contribution in [-0.4, -0.2) is 64.6 Å². The maximum absolute atomic E-state index is 13.5. The number of amides is 1. The summed E-state index contributed by atoms with van der Waals surface area (Å²) >= 11 is 0. The molecule has 0 bridgehead atoms. The Morgan fingerprint density at radius 2 is 1.83 bits per heavy atom. The summed E-state index contributed by atoms with van der Waals surface area (Å²) in [5, 5.41) is 0.800. The minimum absolute atomic E-state index is 0.0271. The third-order valence-corrected chi connectivity index (χ3v) is 8.20. The van der Waals surface area contributed by atoms with Gasteiger partial charge in [0, 0.05) is 31.9 Å². The Labute approximate surface area is 212 Å². The van der Waals surface area contributed by atoms with Crippen LogP contribution in [0.4, 0.5) is 10.6 Å². The van der Waals surface area contributed by atoms with Gasteiger partial charge in [-0.2, -0.15) is 0 Å². The summed E-state index contributed by atoms with van der Waals surface area (Å²) < 4.78 is 33.9. The maximum Gasteiger partial charge on any atom is 0.410 e. The topological polar surface area (TPSA) is 97.6 Å². The van der Waals surface area contributed by atoms with Gasteiger partial charge in [0.05, 0.1) is 11.1 Å². The van der Waals surface area contributed by atoms with Gasteiger partial charge in [-0.3, -0.25) is 0 Å². The number of hydrogen-bond donors (Lipinski definition) is 0. The second-order valence-electron chi connectivity index (χ2n) is 10.8. The Balaban J connectivity index is 1.49. The van der Waals surface area contributed by atoms with E-state index < -0.39 is 15.6 Å². The van der Waals surface area contributed by atoms with E-state index in [-0.39, 0.29) is 17.9 Å². The van der Waals surface area contributed by atoms with E-state index in [9.17, 15) is 13.2 Å². The number of anilines is 1. The maximum atomic E-state index is 13.5. The first kappa shape index (κ1) is 24.5. The van der Waals surface area contributed by atoms with Crippen molar-refractivity contribution >= 4 is 33.0 Å². The molecule has 36 heavy (non-hydrogen) atoms. The number of fused-ring (bicyclic) bond motifs is 1. The standard InChI is InChI=1S/C26H33N5O4S/c1-18-14-29(25(32)35-26(2,3)4)12-13-30(18)23-22-21(20-10-11-20)15-31(24(22)28-17-27-23)36(33,34)16-19-8-6-5-7-9-19/h5-9,15,17-18,20H,10-14,16H2,1-4H3. The molecule has 1 unspecified atom stereocenters. The van der Waals surface area contributed by atoms with Crippen molar-refractivity contribution in [2.24, 2.45) is 0 Å². The van der Waals surface area contributed by atoms with Crippen LogP contribution in [0.3, 0.4) is 0 Å². The molecule has 3 heterocycles. The summed E-state index contributed by atoms with van der Waals surface area (Å²) in [6, 6.07) is 9.16. The molecule has 10 heteroatoms. The second kappa shape index (κ2) is 9.06. The summed E-state index contributed by atoms with van der Waals surface area (Å²) in [6.45, 7) is 9.18. The Morgan fingerprint density at radius 1 is 1.11 bits per heavy atom. The number of aromatic nitrogens is 3. The Morgan fingerprint density at radius 3 is 2.47 bits per heavy atom. The zero-order valence-electron chi connectivity index (χ0n) is 21.2. The molecule has 1 aromatic carbocycles. The number of carbonyl (C=O) groups excluding carboxylic acids is 1. The fourth-order valence-corrected chi connectivity index (χ4v) is 6.23. The van der Waals surface area contributed by atoms with Crippen LogP contribution in [0, 0.1) is 0 Å². The number of rotatable bonds is 5. The monoisotopic (exact) mass is 511 g/mol. The van der Waals surface area contributed by atoms with E-state index in [4.69, 9.17) is 4.74 Å². The molecule has 0 spiro atoms. The second-order valence-corrected chi connectivity index (χ2v) is 12.6. The number of piperazine rings is 1. The number of carbonyl (C=O) groups is 1. The zero-order valence-corrected chi connectivity index (χ0v) is 22.0. The summed E-state index contributed by atoms with van der Waals surface area (Å²) in [6.07, 6.45) is 4.91. The fourth-order valence-electron chi connectivity index (χ4n) is 4.80. The quantitative estimate of drug-likeness (QED) is 0.508. The molecule has 9 nitrogen and oxygen atoms in total. The highest BCUT2D eigenvalue weighted by Crippen LogP contribution is 2.46. The van der Waals surface area contributed by atoms with Crippen LogP contribution in [-0.2, 0) is 20.5 Å². The molecule has 0 N–H and O–H groups in total. The van der Waals surface area contributed by atoms with E-state index in [1.54, 1.807) is 11.1 Å². The lowest BCUT2D eigenvalue weighted by Gasteiger charge is -2.41. The minimum atomic E-state index is -3.68. The molecule has 1 aliphatic carbocycles. The molecule has 0 radical (unpaired) electrons. The lowest BCUT2D eigenvalue weighted by atomic mass is 10.1. The molecule has 2 aromatic heterocycles. The van der Waals surface area contributed by atoms with Gasteiger partial charge in [-0.05, 0) is 57.6 Å². The predicted octanol–water partition coefficient (Wildman–Crippen LogP) is 4.13. The van der Waals surface area contributed by atoms with E-state index in [0.717, 1.165) is 35.2 Å². The first-order valence-corrected chi connectivity index (χ1v) is 14.0. The van der Waals surface area contributed by atoms with Gasteiger partial charge < -0.3 is 14.5 Å². The van der Waals surface area contributed by atoms with E-state index in [0.29, 0.717) is 31.2 Å². The number of ether oxygens (including phenoxy) is 1. The molecule has 1 amide bonds. The molecule has 2 fully saturated rings. The summed E-state index contributed by atoms with van der Waals surface area (Å²) in [4.78, 5) is 25.6. The lowest BCUT2D eigenvalue weighted by Crippen LogP contribution is -2.54. The average Bonchev–Trinajstić information content (AvgIpc) is 3.57. The van der Waals surface area contributed by atoms with Crippen molar-refractivity contribution in [3.63, 3.8) is 0 Å². The third-order valence-electron chi connectivity index (χ3n) is 6.62. The van der Waals surface area contributed by atoms with Crippen LogP contribution < -0.4 is 4.90 Å². The van der Waals surface area contributed by atoms with Crippen molar-refractivity contribution in [2.75, 3.05) is 24.5 Å².